The summed E-state index contributed by atoms with van der Waals surface area (Å²) in [6, 6.07) is 15.7. The average Bonchev–Trinajstić information content (AvgIpc) is 2.68. The van der Waals surface area contributed by atoms with Crippen molar-refractivity contribution in [2.75, 3.05) is 10.6 Å². The van der Waals surface area contributed by atoms with E-state index < -0.39 is 10.0 Å². The van der Waals surface area contributed by atoms with Crippen molar-refractivity contribution < 1.29 is 18.0 Å². The highest BCUT2D eigenvalue weighted by Crippen LogP contribution is 2.17. The van der Waals surface area contributed by atoms with Gasteiger partial charge >= 0.3 is 0 Å². The normalized spacial score (nSPS) is 10.9. The van der Waals surface area contributed by atoms with E-state index in [2.05, 4.69) is 15.6 Å². The molecule has 1 heterocycles. The molecule has 29 heavy (non-hydrogen) atoms. The van der Waals surface area contributed by atoms with Crippen LogP contribution in [0.4, 0.5) is 11.4 Å². The zero-order chi connectivity index (χ0) is 20.9. The summed E-state index contributed by atoms with van der Waals surface area (Å²) < 4.78 is 22.5. The molecule has 3 aromatic rings. The van der Waals surface area contributed by atoms with Gasteiger partial charge in [-0.25, -0.2) is 13.6 Å². The maximum atomic E-state index is 12.3. The van der Waals surface area contributed by atoms with Gasteiger partial charge in [-0.2, -0.15) is 0 Å². The molecule has 0 spiro atoms. The van der Waals surface area contributed by atoms with Crippen molar-refractivity contribution >= 4 is 33.2 Å². The number of carbonyl (C=O) groups is 2. The van der Waals surface area contributed by atoms with E-state index in [4.69, 9.17) is 5.14 Å². The van der Waals surface area contributed by atoms with Crippen LogP contribution in [0.5, 0.6) is 0 Å². The Balaban J connectivity index is 1.62. The second-order valence-electron chi connectivity index (χ2n) is 6.18. The van der Waals surface area contributed by atoms with Crippen LogP contribution < -0.4 is 15.8 Å². The molecule has 2 amide bonds. The molecule has 0 saturated carbocycles. The Bertz CT molecular complexity index is 1130. The van der Waals surface area contributed by atoms with Crippen LogP contribution in [0.1, 0.15) is 15.9 Å². The van der Waals surface area contributed by atoms with Crippen LogP contribution in [0.15, 0.2) is 78.0 Å². The van der Waals surface area contributed by atoms with Gasteiger partial charge in [0.2, 0.25) is 15.9 Å². The third-order valence-corrected chi connectivity index (χ3v) is 4.89. The quantitative estimate of drug-likeness (QED) is 0.573. The van der Waals surface area contributed by atoms with Crippen LogP contribution in [0.3, 0.4) is 0 Å². The van der Waals surface area contributed by atoms with Crippen molar-refractivity contribution in [3.8, 4) is 0 Å². The molecule has 0 radical (unpaired) electrons. The van der Waals surface area contributed by atoms with Gasteiger partial charge < -0.3 is 10.6 Å². The smallest absolute Gasteiger partial charge is 0.255 e. The Labute approximate surface area is 167 Å². The van der Waals surface area contributed by atoms with Crippen molar-refractivity contribution in [3.63, 3.8) is 0 Å². The fraction of sp³-hybridized carbons (Fsp3) is 0.0500. The lowest BCUT2D eigenvalue weighted by molar-refractivity contribution is -0.115. The Morgan fingerprint density at radius 2 is 1.52 bits per heavy atom. The number of hydrogen-bond acceptors (Lipinski definition) is 5. The summed E-state index contributed by atoms with van der Waals surface area (Å²) in [4.78, 5) is 28.3. The lowest BCUT2D eigenvalue weighted by atomic mass is 10.1. The van der Waals surface area contributed by atoms with E-state index in [1.165, 1.54) is 36.7 Å². The summed E-state index contributed by atoms with van der Waals surface area (Å²) in [6.07, 6.45) is 3.11. The number of sulfonamides is 1. The second kappa shape index (κ2) is 8.63. The topological polar surface area (TPSA) is 131 Å². The minimum absolute atomic E-state index is 0.0145. The van der Waals surface area contributed by atoms with Crippen LogP contribution in [-0.4, -0.2) is 25.2 Å². The minimum Gasteiger partial charge on any atom is -0.326 e. The van der Waals surface area contributed by atoms with Gasteiger partial charge in [0.05, 0.1) is 11.3 Å². The molecule has 0 fully saturated rings. The maximum absolute atomic E-state index is 12.3. The molecule has 0 unspecified atom stereocenters. The van der Waals surface area contributed by atoms with Gasteiger partial charge in [0.25, 0.3) is 5.91 Å². The van der Waals surface area contributed by atoms with E-state index in [1.54, 1.807) is 36.4 Å². The highest BCUT2D eigenvalue weighted by Gasteiger charge is 2.10. The number of primary sulfonamides is 1. The number of aromatic nitrogens is 1. The first-order valence-corrected chi connectivity index (χ1v) is 10.1. The van der Waals surface area contributed by atoms with Crippen molar-refractivity contribution in [1.82, 2.24) is 4.98 Å². The average molecular weight is 410 g/mol. The minimum atomic E-state index is -3.77. The summed E-state index contributed by atoms with van der Waals surface area (Å²) in [5.74, 6) is -0.572. The number of rotatable bonds is 6. The van der Waals surface area contributed by atoms with Gasteiger partial charge in [0, 0.05) is 29.3 Å². The van der Waals surface area contributed by atoms with Crippen molar-refractivity contribution in [3.05, 3.63) is 84.2 Å². The number of pyridine rings is 1. The van der Waals surface area contributed by atoms with Crippen LogP contribution in [0.2, 0.25) is 0 Å². The Morgan fingerprint density at radius 3 is 2.14 bits per heavy atom. The van der Waals surface area contributed by atoms with Crippen LogP contribution in [0.25, 0.3) is 0 Å². The first-order chi connectivity index (χ1) is 13.8. The molecule has 0 aliphatic rings. The molecule has 0 aliphatic heterocycles. The van der Waals surface area contributed by atoms with Crippen molar-refractivity contribution in [2.24, 2.45) is 5.14 Å². The molecule has 0 atom stereocenters. The summed E-state index contributed by atoms with van der Waals surface area (Å²) in [7, 11) is -3.77. The highest BCUT2D eigenvalue weighted by molar-refractivity contribution is 7.89. The lowest BCUT2D eigenvalue weighted by Gasteiger charge is -2.09. The largest absolute Gasteiger partial charge is 0.326 e. The fourth-order valence-electron chi connectivity index (χ4n) is 2.57. The van der Waals surface area contributed by atoms with E-state index in [0.29, 0.717) is 22.5 Å². The van der Waals surface area contributed by atoms with E-state index in [1.807, 2.05) is 0 Å². The summed E-state index contributed by atoms with van der Waals surface area (Å²) >= 11 is 0. The summed E-state index contributed by atoms with van der Waals surface area (Å²) in [6.45, 7) is 0. The van der Waals surface area contributed by atoms with E-state index >= 15 is 0 Å². The third-order valence-electron chi connectivity index (χ3n) is 3.96. The first kappa shape index (κ1) is 20.2. The predicted molar refractivity (Wildman–Crippen MR) is 109 cm³/mol. The van der Waals surface area contributed by atoms with Gasteiger partial charge in [0.1, 0.15) is 0 Å². The lowest BCUT2D eigenvalue weighted by Crippen LogP contribution is -2.16. The predicted octanol–water partition coefficient (Wildman–Crippen LogP) is 2.16. The molecule has 2 aromatic carbocycles. The second-order valence-corrected chi connectivity index (χ2v) is 7.75. The Hall–Kier alpha value is -3.56. The molecule has 0 saturated heterocycles. The van der Waals surface area contributed by atoms with Gasteiger partial charge in [-0.3, -0.25) is 14.6 Å². The number of nitrogens with zero attached hydrogens (tertiary/aromatic N) is 1. The summed E-state index contributed by atoms with van der Waals surface area (Å²) in [5, 5.41) is 10.6. The van der Waals surface area contributed by atoms with Crippen LogP contribution >= 0.6 is 0 Å². The molecule has 0 bridgehead atoms. The van der Waals surface area contributed by atoms with E-state index in [0.717, 1.165) is 0 Å². The molecule has 8 nitrogen and oxygen atoms in total. The molecular formula is C20H18N4O4S. The number of nitrogens with two attached hydrogens (primary N) is 1. The van der Waals surface area contributed by atoms with E-state index in [-0.39, 0.29) is 23.1 Å². The molecule has 148 valence electrons. The maximum Gasteiger partial charge on any atom is 0.255 e. The zero-order valence-corrected chi connectivity index (χ0v) is 16.0. The van der Waals surface area contributed by atoms with Gasteiger partial charge in [0.15, 0.2) is 0 Å². The SMILES string of the molecule is NS(=O)(=O)c1ccc(CC(=O)Nc2cccc(NC(=O)c3ccncc3)c2)cc1. The number of carbonyl (C=O) groups excluding carboxylic acids is 2. The fourth-order valence-corrected chi connectivity index (χ4v) is 3.08. The molecule has 3 rings (SSSR count). The highest BCUT2D eigenvalue weighted by atomic mass is 32.2. The Morgan fingerprint density at radius 1 is 0.897 bits per heavy atom. The van der Waals surface area contributed by atoms with Crippen molar-refractivity contribution in [2.45, 2.75) is 11.3 Å². The van der Waals surface area contributed by atoms with E-state index in [9.17, 15) is 18.0 Å². The molecule has 1 aromatic heterocycles. The molecule has 4 N–H and O–H groups in total. The van der Waals surface area contributed by atoms with Crippen LogP contribution in [0, 0.1) is 0 Å². The monoisotopic (exact) mass is 410 g/mol. The van der Waals surface area contributed by atoms with Crippen molar-refractivity contribution in [1.29, 1.82) is 0 Å². The molecule has 9 heteroatoms. The van der Waals surface area contributed by atoms with Gasteiger partial charge in [-0.15, -0.1) is 0 Å². The molecule has 0 aliphatic carbocycles. The number of nitrogens with one attached hydrogen (secondary N) is 2. The van der Waals surface area contributed by atoms with Gasteiger partial charge in [-0.05, 0) is 48.0 Å². The zero-order valence-electron chi connectivity index (χ0n) is 15.2. The third kappa shape index (κ3) is 5.71. The molecular weight excluding hydrogens is 392 g/mol. The summed E-state index contributed by atoms with van der Waals surface area (Å²) in [5.41, 5.74) is 2.15. The number of anilines is 2. The number of benzene rings is 2. The van der Waals surface area contributed by atoms with Crippen LogP contribution in [-0.2, 0) is 21.2 Å². The van der Waals surface area contributed by atoms with Gasteiger partial charge in [-0.1, -0.05) is 18.2 Å². The Kier molecular flexibility index (Phi) is 6.01. The number of amides is 2. The first-order valence-electron chi connectivity index (χ1n) is 8.54. The standard InChI is InChI=1S/C20H18N4O4S/c21-29(27,28)18-6-4-14(5-7-18)12-19(25)23-16-2-1-3-17(13-16)24-20(26)15-8-10-22-11-9-15/h1-11,13H,12H2,(H,23,25)(H,24,26)(H2,21,27,28). The number of hydrogen-bond donors (Lipinski definition) is 3.